The van der Waals surface area contributed by atoms with Gasteiger partial charge in [-0.1, -0.05) is 36.4 Å². The molecular formula is C22H25N3OS2. The van der Waals surface area contributed by atoms with Gasteiger partial charge in [0.15, 0.2) is 0 Å². The van der Waals surface area contributed by atoms with Crippen molar-refractivity contribution in [3.05, 3.63) is 46.1 Å². The second-order valence-electron chi connectivity index (χ2n) is 7.78. The van der Waals surface area contributed by atoms with Gasteiger partial charge in [0, 0.05) is 16.0 Å². The van der Waals surface area contributed by atoms with Crippen LogP contribution in [0.25, 0.3) is 10.2 Å². The first-order valence-electron chi connectivity index (χ1n) is 9.72. The molecule has 2 atom stereocenters. The second-order valence-corrected chi connectivity index (χ2v) is 10.2. The van der Waals surface area contributed by atoms with Gasteiger partial charge in [0.25, 0.3) is 0 Å². The van der Waals surface area contributed by atoms with E-state index in [0.29, 0.717) is 0 Å². The number of aryl methyl sites for hydroxylation is 3. The Labute approximate surface area is 174 Å². The molecule has 146 valence electrons. The molecule has 1 aliphatic rings. The number of benzene rings is 1. The van der Waals surface area contributed by atoms with Crippen molar-refractivity contribution in [3.8, 4) is 0 Å². The van der Waals surface area contributed by atoms with E-state index in [0.717, 1.165) is 39.9 Å². The zero-order chi connectivity index (χ0) is 19.8. The van der Waals surface area contributed by atoms with E-state index < -0.39 is 0 Å². The van der Waals surface area contributed by atoms with Crippen LogP contribution in [0.15, 0.2) is 29.6 Å². The van der Waals surface area contributed by atoms with Crippen molar-refractivity contribution in [1.82, 2.24) is 9.97 Å². The largest absolute Gasteiger partial charge is 0.325 e. The Morgan fingerprint density at radius 1 is 1.32 bits per heavy atom. The Bertz CT molecular complexity index is 1040. The monoisotopic (exact) mass is 411 g/mol. The van der Waals surface area contributed by atoms with Crippen molar-refractivity contribution >= 4 is 44.9 Å². The predicted molar refractivity (Wildman–Crippen MR) is 118 cm³/mol. The fourth-order valence-corrected chi connectivity index (χ4v) is 6.11. The Kier molecular flexibility index (Phi) is 5.43. The van der Waals surface area contributed by atoms with Gasteiger partial charge in [-0.3, -0.25) is 4.79 Å². The van der Waals surface area contributed by atoms with E-state index in [1.54, 1.807) is 17.7 Å². The van der Waals surface area contributed by atoms with Gasteiger partial charge in [-0.15, -0.1) is 11.3 Å². The van der Waals surface area contributed by atoms with Crippen molar-refractivity contribution in [2.45, 2.75) is 57.2 Å². The molecule has 0 bridgehead atoms. The third-order valence-corrected chi connectivity index (χ3v) is 7.62. The average molecular weight is 412 g/mol. The summed E-state index contributed by atoms with van der Waals surface area (Å²) in [7, 11) is 0. The molecule has 0 fully saturated rings. The minimum absolute atomic E-state index is 0.00133. The van der Waals surface area contributed by atoms with Crippen LogP contribution in [0.4, 0.5) is 5.69 Å². The van der Waals surface area contributed by atoms with Gasteiger partial charge in [0.1, 0.15) is 16.2 Å². The number of thiophene rings is 1. The van der Waals surface area contributed by atoms with E-state index >= 15 is 0 Å². The van der Waals surface area contributed by atoms with Gasteiger partial charge in [-0.25, -0.2) is 9.97 Å². The van der Waals surface area contributed by atoms with Crippen LogP contribution >= 0.6 is 23.1 Å². The van der Waals surface area contributed by atoms with Gasteiger partial charge in [0.05, 0.1) is 5.25 Å². The number of nitrogens with one attached hydrogen (secondary N) is 1. The van der Waals surface area contributed by atoms with Crippen LogP contribution in [0.3, 0.4) is 0 Å². The molecule has 1 N–H and O–H groups in total. The van der Waals surface area contributed by atoms with E-state index in [9.17, 15) is 4.79 Å². The number of carbonyl (C=O) groups excluding carboxylic acids is 1. The van der Waals surface area contributed by atoms with Crippen LogP contribution in [0, 0.1) is 19.8 Å². The summed E-state index contributed by atoms with van der Waals surface area (Å²) in [5.41, 5.74) is 4.55. The van der Waals surface area contributed by atoms with Crippen LogP contribution in [-0.2, 0) is 17.6 Å². The molecular weight excluding hydrogens is 386 g/mol. The summed E-state index contributed by atoms with van der Waals surface area (Å²) in [5, 5.41) is 4.93. The maximum absolute atomic E-state index is 12.8. The number of rotatable bonds is 4. The highest BCUT2D eigenvalue weighted by Gasteiger charge is 2.25. The molecule has 0 radical (unpaired) electrons. The number of aromatic nitrogens is 2. The standard InChI is InChI=1S/C22H25N3OS2/c1-12-6-8-17(14(3)9-12)25-20(26)15(4)27-21-19-16-7-5-13(2)10-18(16)28-22(19)24-11-23-21/h6,8-9,11,13,15H,5,7,10H2,1-4H3,(H,25,26). The Hall–Kier alpha value is -1.92. The van der Waals surface area contributed by atoms with Gasteiger partial charge in [-0.05, 0) is 63.1 Å². The van der Waals surface area contributed by atoms with E-state index in [1.165, 1.54) is 39.6 Å². The molecule has 4 rings (SSSR count). The lowest BCUT2D eigenvalue weighted by molar-refractivity contribution is -0.115. The number of nitrogens with zero attached hydrogens (tertiary/aromatic N) is 2. The summed E-state index contributed by atoms with van der Waals surface area (Å²) in [6.45, 7) is 8.33. The molecule has 28 heavy (non-hydrogen) atoms. The maximum Gasteiger partial charge on any atom is 0.237 e. The summed E-state index contributed by atoms with van der Waals surface area (Å²) in [6, 6.07) is 6.08. The molecule has 4 nitrogen and oxygen atoms in total. The van der Waals surface area contributed by atoms with E-state index in [4.69, 9.17) is 0 Å². The van der Waals surface area contributed by atoms with Crippen molar-refractivity contribution in [1.29, 1.82) is 0 Å². The summed E-state index contributed by atoms with van der Waals surface area (Å²) < 4.78 is 0. The SMILES string of the molecule is Cc1ccc(NC(=O)C(C)Sc2ncnc3sc4c(c23)CCC(C)C4)c(C)c1. The fourth-order valence-electron chi connectivity index (χ4n) is 3.74. The number of amides is 1. The summed E-state index contributed by atoms with van der Waals surface area (Å²) in [6.07, 6.45) is 5.05. The van der Waals surface area contributed by atoms with Crippen LogP contribution < -0.4 is 5.32 Å². The molecule has 2 unspecified atom stereocenters. The molecule has 2 aromatic heterocycles. The summed E-state index contributed by atoms with van der Waals surface area (Å²) in [5.74, 6) is 0.730. The van der Waals surface area contributed by atoms with Gasteiger partial charge >= 0.3 is 0 Å². The topological polar surface area (TPSA) is 54.9 Å². The number of hydrogen-bond acceptors (Lipinski definition) is 5. The van der Waals surface area contributed by atoms with E-state index in [2.05, 4.69) is 35.2 Å². The molecule has 6 heteroatoms. The Morgan fingerprint density at radius 2 is 2.14 bits per heavy atom. The first kappa shape index (κ1) is 19.4. The van der Waals surface area contributed by atoms with Crippen LogP contribution in [0.1, 0.15) is 41.8 Å². The molecule has 0 aliphatic heterocycles. The molecule has 0 saturated carbocycles. The predicted octanol–water partition coefficient (Wildman–Crippen LogP) is 5.55. The van der Waals surface area contributed by atoms with Crippen molar-refractivity contribution in [3.63, 3.8) is 0 Å². The second kappa shape index (κ2) is 7.84. The lowest BCUT2D eigenvalue weighted by Crippen LogP contribution is -2.23. The third kappa shape index (κ3) is 3.80. The first-order valence-corrected chi connectivity index (χ1v) is 11.4. The molecule has 1 amide bonds. The summed E-state index contributed by atoms with van der Waals surface area (Å²) >= 11 is 3.33. The average Bonchev–Trinajstić information content (AvgIpc) is 3.02. The Balaban J connectivity index is 1.56. The van der Waals surface area contributed by atoms with Crippen LogP contribution in [0.2, 0.25) is 0 Å². The zero-order valence-corrected chi connectivity index (χ0v) is 18.3. The molecule has 0 spiro atoms. The van der Waals surface area contributed by atoms with Crippen LogP contribution in [-0.4, -0.2) is 21.1 Å². The minimum atomic E-state index is -0.239. The third-order valence-electron chi connectivity index (χ3n) is 5.35. The normalized spacial score (nSPS) is 17.4. The van der Waals surface area contributed by atoms with Crippen molar-refractivity contribution in [2.75, 3.05) is 5.32 Å². The molecule has 2 heterocycles. The fraction of sp³-hybridized carbons (Fsp3) is 0.409. The lowest BCUT2D eigenvalue weighted by atomic mass is 9.89. The first-order chi connectivity index (χ1) is 13.4. The quantitative estimate of drug-likeness (QED) is 0.451. The van der Waals surface area contributed by atoms with Gasteiger partial charge < -0.3 is 5.32 Å². The number of hydrogen-bond donors (Lipinski definition) is 1. The van der Waals surface area contributed by atoms with Gasteiger partial charge in [-0.2, -0.15) is 0 Å². The zero-order valence-electron chi connectivity index (χ0n) is 16.7. The van der Waals surface area contributed by atoms with E-state index in [1.807, 2.05) is 26.0 Å². The molecule has 3 aromatic rings. The van der Waals surface area contributed by atoms with Gasteiger partial charge in [0.2, 0.25) is 5.91 Å². The summed E-state index contributed by atoms with van der Waals surface area (Å²) in [4.78, 5) is 24.3. The highest BCUT2D eigenvalue weighted by atomic mass is 32.2. The molecule has 0 saturated heterocycles. The smallest absolute Gasteiger partial charge is 0.237 e. The van der Waals surface area contributed by atoms with E-state index in [-0.39, 0.29) is 11.2 Å². The molecule has 1 aliphatic carbocycles. The lowest BCUT2D eigenvalue weighted by Gasteiger charge is -2.18. The van der Waals surface area contributed by atoms with Crippen LogP contribution in [0.5, 0.6) is 0 Å². The maximum atomic E-state index is 12.8. The number of fused-ring (bicyclic) bond motifs is 3. The number of anilines is 1. The minimum Gasteiger partial charge on any atom is -0.325 e. The van der Waals surface area contributed by atoms with Crippen molar-refractivity contribution < 1.29 is 4.79 Å². The highest BCUT2D eigenvalue weighted by molar-refractivity contribution is 8.00. The number of thioether (sulfide) groups is 1. The Morgan fingerprint density at radius 3 is 2.93 bits per heavy atom. The molecule has 1 aromatic carbocycles. The number of carbonyl (C=O) groups is 1. The highest BCUT2D eigenvalue weighted by Crippen LogP contribution is 2.41. The van der Waals surface area contributed by atoms with Crippen molar-refractivity contribution in [2.24, 2.45) is 5.92 Å².